The summed E-state index contributed by atoms with van der Waals surface area (Å²) in [5.74, 6) is -0.396. The Morgan fingerprint density at radius 1 is 1.18 bits per heavy atom. The number of hydrogen-bond donors (Lipinski definition) is 3. The molecule has 0 radical (unpaired) electrons. The maximum absolute atomic E-state index is 12.6. The molecule has 0 bridgehead atoms. The molecule has 1 aromatic heterocycles. The van der Waals surface area contributed by atoms with Crippen molar-refractivity contribution >= 4 is 22.6 Å². The van der Waals surface area contributed by atoms with Gasteiger partial charge in [0.25, 0.3) is 5.91 Å². The van der Waals surface area contributed by atoms with Gasteiger partial charge in [-0.1, -0.05) is 26.0 Å². The molecule has 1 heterocycles. The van der Waals surface area contributed by atoms with Crippen molar-refractivity contribution in [1.82, 2.24) is 0 Å². The molecule has 0 fully saturated rings. The van der Waals surface area contributed by atoms with Crippen LogP contribution in [0.3, 0.4) is 0 Å². The van der Waals surface area contributed by atoms with Crippen LogP contribution >= 0.6 is 0 Å². The third kappa shape index (κ3) is 3.86. The first-order valence-corrected chi connectivity index (χ1v) is 9.16. The predicted octanol–water partition coefficient (Wildman–Crippen LogP) is 4.35. The monoisotopic (exact) mass is 381 g/mol. The molecule has 0 saturated heterocycles. The zero-order valence-corrected chi connectivity index (χ0v) is 16.1. The van der Waals surface area contributed by atoms with Gasteiger partial charge in [0.1, 0.15) is 11.3 Å². The van der Waals surface area contributed by atoms with Gasteiger partial charge in [0.05, 0.1) is 5.39 Å². The molecule has 3 N–H and O–H groups in total. The average Bonchev–Trinajstić information content (AvgIpc) is 2.67. The predicted molar refractivity (Wildman–Crippen MR) is 108 cm³/mol. The summed E-state index contributed by atoms with van der Waals surface area (Å²) in [4.78, 5) is 24.9. The standard InChI is InChI=1S/C22H23NO5/c1-12(2)7-8-14-5-4-6-15(11-14)21(26)23-18-19(25)16-9-10-17(24)13(3)20(16)28-22(18)27/h4-6,9-12,24-25H,7-8H2,1-3H3,(H,23,26). The number of amides is 1. The van der Waals surface area contributed by atoms with Gasteiger partial charge in [-0.05, 0) is 55.5 Å². The first-order chi connectivity index (χ1) is 13.3. The van der Waals surface area contributed by atoms with Crippen LogP contribution in [0.1, 0.15) is 41.8 Å². The van der Waals surface area contributed by atoms with E-state index in [0.717, 1.165) is 18.4 Å². The van der Waals surface area contributed by atoms with Gasteiger partial charge in [0, 0.05) is 11.1 Å². The molecule has 0 aliphatic heterocycles. The van der Waals surface area contributed by atoms with Crippen LogP contribution in [0.5, 0.6) is 11.5 Å². The lowest BCUT2D eigenvalue weighted by Crippen LogP contribution is -2.18. The van der Waals surface area contributed by atoms with Gasteiger partial charge in [0.15, 0.2) is 11.4 Å². The van der Waals surface area contributed by atoms with Crippen LogP contribution in [0, 0.1) is 12.8 Å². The number of carbonyl (C=O) groups excluding carboxylic acids is 1. The molecule has 0 unspecified atom stereocenters. The van der Waals surface area contributed by atoms with Crippen LogP contribution in [-0.2, 0) is 6.42 Å². The van der Waals surface area contributed by atoms with Crippen LogP contribution in [0.4, 0.5) is 5.69 Å². The Morgan fingerprint density at radius 2 is 1.93 bits per heavy atom. The summed E-state index contributed by atoms with van der Waals surface area (Å²) in [5.41, 5.74) is 0.624. The molecule has 2 aromatic carbocycles. The van der Waals surface area contributed by atoms with E-state index in [4.69, 9.17) is 4.42 Å². The zero-order valence-electron chi connectivity index (χ0n) is 16.1. The molecule has 0 atom stereocenters. The number of phenols is 1. The molecule has 0 spiro atoms. The molecule has 0 aliphatic rings. The zero-order chi connectivity index (χ0) is 20.4. The van der Waals surface area contributed by atoms with Gasteiger partial charge >= 0.3 is 5.63 Å². The number of fused-ring (bicyclic) bond motifs is 1. The van der Waals surface area contributed by atoms with E-state index in [0.29, 0.717) is 17.0 Å². The third-order valence-electron chi connectivity index (χ3n) is 4.71. The van der Waals surface area contributed by atoms with Gasteiger partial charge in [-0.25, -0.2) is 4.79 Å². The van der Waals surface area contributed by atoms with Crippen LogP contribution in [-0.4, -0.2) is 16.1 Å². The summed E-state index contributed by atoms with van der Waals surface area (Å²) < 4.78 is 5.22. The highest BCUT2D eigenvalue weighted by molar-refractivity contribution is 6.06. The number of carbonyl (C=O) groups is 1. The SMILES string of the molecule is Cc1c(O)ccc2c(O)c(NC(=O)c3cccc(CCC(C)C)c3)c(=O)oc12. The highest BCUT2D eigenvalue weighted by atomic mass is 16.4. The lowest BCUT2D eigenvalue weighted by molar-refractivity contribution is 0.102. The summed E-state index contributed by atoms with van der Waals surface area (Å²) in [7, 11) is 0. The number of aryl methyl sites for hydroxylation is 2. The summed E-state index contributed by atoms with van der Waals surface area (Å²) in [6, 6.07) is 9.99. The van der Waals surface area contributed by atoms with Gasteiger partial charge < -0.3 is 19.9 Å². The van der Waals surface area contributed by atoms with Crippen LogP contribution in [0.25, 0.3) is 11.0 Å². The molecule has 3 rings (SSSR count). The highest BCUT2D eigenvalue weighted by Crippen LogP contribution is 2.34. The first kappa shape index (κ1) is 19.5. The first-order valence-electron chi connectivity index (χ1n) is 9.16. The second kappa shape index (κ2) is 7.76. The molecule has 6 nitrogen and oxygen atoms in total. The van der Waals surface area contributed by atoms with E-state index in [-0.39, 0.29) is 22.4 Å². The van der Waals surface area contributed by atoms with Crippen LogP contribution in [0.2, 0.25) is 0 Å². The minimum Gasteiger partial charge on any atom is -0.508 e. The second-order valence-corrected chi connectivity index (χ2v) is 7.29. The lowest BCUT2D eigenvalue weighted by Gasteiger charge is -2.11. The quantitative estimate of drug-likeness (QED) is 0.571. The Balaban J connectivity index is 1.93. The summed E-state index contributed by atoms with van der Waals surface area (Å²) >= 11 is 0. The van der Waals surface area contributed by atoms with Crippen LogP contribution < -0.4 is 10.9 Å². The van der Waals surface area contributed by atoms with E-state index in [2.05, 4.69) is 19.2 Å². The number of aromatic hydroxyl groups is 2. The summed E-state index contributed by atoms with van der Waals surface area (Å²) in [5, 5.41) is 22.9. The van der Waals surface area contributed by atoms with E-state index in [1.807, 2.05) is 6.07 Å². The van der Waals surface area contributed by atoms with Crippen molar-refractivity contribution in [3.05, 3.63) is 63.5 Å². The van der Waals surface area contributed by atoms with E-state index in [1.165, 1.54) is 12.1 Å². The Bertz CT molecular complexity index is 1100. The molecule has 146 valence electrons. The fourth-order valence-corrected chi connectivity index (χ4v) is 2.99. The topological polar surface area (TPSA) is 99.8 Å². The number of phenolic OH excluding ortho intramolecular Hbond substituents is 1. The smallest absolute Gasteiger partial charge is 0.364 e. The van der Waals surface area contributed by atoms with Crippen molar-refractivity contribution in [3.8, 4) is 11.5 Å². The number of hydrogen-bond acceptors (Lipinski definition) is 5. The summed E-state index contributed by atoms with van der Waals surface area (Å²) in [6.07, 6.45) is 1.86. The van der Waals surface area contributed by atoms with E-state index in [9.17, 15) is 19.8 Å². The molecule has 1 amide bonds. The highest BCUT2D eigenvalue weighted by Gasteiger charge is 2.19. The van der Waals surface area contributed by atoms with Crippen LogP contribution in [0.15, 0.2) is 45.6 Å². The third-order valence-corrected chi connectivity index (χ3v) is 4.71. The normalized spacial score (nSPS) is 11.1. The molecule has 0 saturated carbocycles. The maximum atomic E-state index is 12.6. The van der Waals surface area contributed by atoms with Crippen molar-refractivity contribution in [3.63, 3.8) is 0 Å². The fourth-order valence-electron chi connectivity index (χ4n) is 2.99. The molecular weight excluding hydrogens is 358 g/mol. The van der Waals surface area contributed by atoms with E-state index >= 15 is 0 Å². The van der Waals surface area contributed by atoms with Gasteiger partial charge in [0.2, 0.25) is 0 Å². The van der Waals surface area contributed by atoms with E-state index in [1.54, 1.807) is 25.1 Å². The van der Waals surface area contributed by atoms with Crippen molar-refractivity contribution in [2.24, 2.45) is 5.92 Å². The number of benzene rings is 2. The van der Waals surface area contributed by atoms with Crippen molar-refractivity contribution < 1.29 is 19.4 Å². The molecule has 3 aromatic rings. The molecule has 6 heteroatoms. The fraction of sp³-hybridized carbons (Fsp3) is 0.273. The van der Waals surface area contributed by atoms with Gasteiger partial charge in [-0.15, -0.1) is 0 Å². The van der Waals surface area contributed by atoms with Gasteiger partial charge in [-0.2, -0.15) is 0 Å². The number of nitrogens with one attached hydrogen (secondary N) is 1. The molecule has 28 heavy (non-hydrogen) atoms. The van der Waals surface area contributed by atoms with Crippen molar-refractivity contribution in [1.29, 1.82) is 0 Å². The Hall–Kier alpha value is -3.28. The maximum Gasteiger partial charge on any atom is 0.364 e. The largest absolute Gasteiger partial charge is 0.508 e. The number of rotatable bonds is 5. The second-order valence-electron chi connectivity index (χ2n) is 7.29. The van der Waals surface area contributed by atoms with E-state index < -0.39 is 17.3 Å². The Labute approximate surface area is 162 Å². The van der Waals surface area contributed by atoms with Crippen molar-refractivity contribution in [2.75, 3.05) is 5.32 Å². The minimum absolute atomic E-state index is 0.0509. The van der Waals surface area contributed by atoms with Crippen molar-refractivity contribution in [2.45, 2.75) is 33.6 Å². The molecular formula is C22H23NO5. The minimum atomic E-state index is -0.886. The Kier molecular flexibility index (Phi) is 5.40. The molecule has 0 aliphatic carbocycles. The average molecular weight is 381 g/mol. The lowest BCUT2D eigenvalue weighted by atomic mass is 10.0. The Morgan fingerprint density at radius 3 is 2.64 bits per heavy atom. The van der Waals surface area contributed by atoms with Gasteiger partial charge in [-0.3, -0.25) is 4.79 Å². The number of anilines is 1. The summed E-state index contributed by atoms with van der Waals surface area (Å²) in [6.45, 7) is 5.85.